The van der Waals surface area contributed by atoms with Crippen molar-refractivity contribution in [1.82, 2.24) is 0 Å². The summed E-state index contributed by atoms with van der Waals surface area (Å²) in [5.41, 5.74) is 6.90. The van der Waals surface area contributed by atoms with E-state index in [1.165, 1.54) is 27.8 Å². The molecule has 0 bridgehead atoms. The van der Waals surface area contributed by atoms with Crippen molar-refractivity contribution in [1.29, 1.82) is 0 Å². The van der Waals surface area contributed by atoms with Crippen LogP contribution in [-0.4, -0.2) is 5.88 Å². The van der Waals surface area contributed by atoms with Gasteiger partial charge in [0.2, 0.25) is 0 Å². The lowest BCUT2D eigenvalue weighted by Gasteiger charge is -2.16. The smallest absolute Gasteiger partial charge is 0.0258 e. The molecule has 0 aliphatic carbocycles. The van der Waals surface area contributed by atoms with E-state index in [2.05, 4.69) is 63.2 Å². The zero-order chi connectivity index (χ0) is 14.5. The standard InChI is InChI=1S/C19H23Cl/c1-14-8-9-17(10-16(14)3)11-18(13-20)12-19-7-5-4-6-15(19)2/h4-10,18H,11-13H2,1-3H3. The van der Waals surface area contributed by atoms with E-state index in [1.54, 1.807) is 0 Å². The molecule has 0 amide bonds. The Balaban J connectivity index is 2.09. The van der Waals surface area contributed by atoms with Crippen LogP contribution in [0, 0.1) is 26.7 Å². The first kappa shape index (κ1) is 15.1. The maximum Gasteiger partial charge on any atom is 0.0258 e. The molecule has 0 saturated carbocycles. The Morgan fingerprint density at radius 2 is 1.60 bits per heavy atom. The molecule has 106 valence electrons. The Bertz CT molecular complexity index is 572. The van der Waals surface area contributed by atoms with E-state index in [1.807, 2.05) is 0 Å². The van der Waals surface area contributed by atoms with Crippen molar-refractivity contribution in [3.8, 4) is 0 Å². The summed E-state index contributed by atoms with van der Waals surface area (Å²) in [6.45, 7) is 6.51. The quantitative estimate of drug-likeness (QED) is 0.658. The van der Waals surface area contributed by atoms with Gasteiger partial charge in [0.05, 0.1) is 0 Å². The van der Waals surface area contributed by atoms with Crippen molar-refractivity contribution in [2.75, 3.05) is 5.88 Å². The first-order valence-electron chi connectivity index (χ1n) is 7.26. The van der Waals surface area contributed by atoms with Crippen LogP contribution in [0.3, 0.4) is 0 Å². The highest BCUT2D eigenvalue weighted by atomic mass is 35.5. The maximum absolute atomic E-state index is 6.19. The molecule has 0 radical (unpaired) electrons. The predicted octanol–water partition coefficient (Wildman–Crippen LogP) is 5.25. The molecule has 1 heteroatoms. The van der Waals surface area contributed by atoms with E-state index in [-0.39, 0.29) is 0 Å². The third-order valence-electron chi connectivity index (χ3n) is 4.08. The Kier molecular flexibility index (Phi) is 5.25. The second-order valence-electron chi connectivity index (χ2n) is 5.77. The maximum atomic E-state index is 6.19. The van der Waals surface area contributed by atoms with Crippen molar-refractivity contribution in [3.63, 3.8) is 0 Å². The molecular formula is C19H23Cl. The van der Waals surface area contributed by atoms with Crippen LogP contribution in [0.2, 0.25) is 0 Å². The van der Waals surface area contributed by atoms with Crippen LogP contribution in [-0.2, 0) is 12.8 Å². The summed E-state index contributed by atoms with van der Waals surface area (Å²) < 4.78 is 0. The second kappa shape index (κ2) is 6.95. The van der Waals surface area contributed by atoms with E-state index >= 15 is 0 Å². The van der Waals surface area contributed by atoms with Gasteiger partial charge in [-0.25, -0.2) is 0 Å². The van der Waals surface area contributed by atoms with Crippen LogP contribution < -0.4 is 0 Å². The van der Waals surface area contributed by atoms with Gasteiger partial charge < -0.3 is 0 Å². The molecule has 0 aliphatic heterocycles. The van der Waals surface area contributed by atoms with Crippen LogP contribution in [0.4, 0.5) is 0 Å². The van der Waals surface area contributed by atoms with Crippen LogP contribution in [0.1, 0.15) is 27.8 Å². The van der Waals surface area contributed by atoms with Gasteiger partial charge in [0.25, 0.3) is 0 Å². The first-order chi connectivity index (χ1) is 9.60. The minimum atomic E-state index is 0.500. The third-order valence-corrected chi connectivity index (χ3v) is 4.52. The molecule has 0 spiro atoms. The summed E-state index contributed by atoms with van der Waals surface area (Å²) in [5.74, 6) is 1.21. The largest absolute Gasteiger partial charge is 0.126 e. The van der Waals surface area contributed by atoms with Gasteiger partial charge in [-0.2, -0.15) is 0 Å². The average Bonchev–Trinajstić information content (AvgIpc) is 2.44. The fourth-order valence-corrected chi connectivity index (χ4v) is 2.81. The summed E-state index contributed by atoms with van der Waals surface area (Å²) in [6.07, 6.45) is 2.11. The molecule has 0 aromatic heterocycles. The molecule has 1 atom stereocenters. The van der Waals surface area contributed by atoms with Crippen molar-refractivity contribution < 1.29 is 0 Å². The van der Waals surface area contributed by atoms with E-state index in [9.17, 15) is 0 Å². The highest BCUT2D eigenvalue weighted by Gasteiger charge is 2.11. The van der Waals surface area contributed by atoms with Gasteiger partial charge in [0.15, 0.2) is 0 Å². The molecule has 0 heterocycles. The van der Waals surface area contributed by atoms with Crippen LogP contribution in [0.15, 0.2) is 42.5 Å². The lowest BCUT2D eigenvalue weighted by Crippen LogP contribution is -2.11. The van der Waals surface area contributed by atoms with E-state index in [4.69, 9.17) is 11.6 Å². The van der Waals surface area contributed by atoms with Crippen LogP contribution in [0.25, 0.3) is 0 Å². The van der Waals surface area contributed by atoms with E-state index in [0.29, 0.717) is 11.8 Å². The van der Waals surface area contributed by atoms with Gasteiger partial charge in [-0.1, -0.05) is 42.5 Å². The second-order valence-corrected chi connectivity index (χ2v) is 6.08. The van der Waals surface area contributed by atoms with Gasteiger partial charge in [-0.3, -0.25) is 0 Å². The average molecular weight is 287 g/mol. The highest BCUT2D eigenvalue weighted by Crippen LogP contribution is 2.20. The number of halogens is 1. The molecule has 0 N–H and O–H groups in total. The van der Waals surface area contributed by atoms with Crippen LogP contribution >= 0.6 is 11.6 Å². The Labute approximate surface area is 127 Å². The number of aryl methyl sites for hydroxylation is 3. The summed E-state index contributed by atoms with van der Waals surface area (Å²) in [6, 6.07) is 15.4. The molecule has 2 aromatic rings. The number of rotatable bonds is 5. The van der Waals surface area contributed by atoms with E-state index in [0.717, 1.165) is 12.8 Å². The van der Waals surface area contributed by atoms with E-state index < -0.39 is 0 Å². The first-order valence-corrected chi connectivity index (χ1v) is 7.80. The normalized spacial score (nSPS) is 12.4. The predicted molar refractivity (Wildman–Crippen MR) is 88.7 cm³/mol. The number of alkyl halides is 1. The van der Waals surface area contributed by atoms with Gasteiger partial charge in [-0.05, 0) is 67.3 Å². The molecule has 0 aliphatic rings. The zero-order valence-corrected chi connectivity index (χ0v) is 13.4. The fourth-order valence-electron chi connectivity index (χ4n) is 2.60. The van der Waals surface area contributed by atoms with Crippen LogP contribution in [0.5, 0.6) is 0 Å². The topological polar surface area (TPSA) is 0 Å². The molecule has 20 heavy (non-hydrogen) atoms. The Morgan fingerprint density at radius 3 is 2.25 bits per heavy atom. The Hall–Kier alpha value is -1.27. The Morgan fingerprint density at radius 1 is 0.850 bits per heavy atom. The van der Waals surface area contributed by atoms with Gasteiger partial charge >= 0.3 is 0 Å². The molecule has 0 saturated heterocycles. The lowest BCUT2D eigenvalue weighted by atomic mass is 9.91. The number of hydrogen-bond donors (Lipinski definition) is 0. The molecule has 0 fully saturated rings. The minimum absolute atomic E-state index is 0.500. The zero-order valence-electron chi connectivity index (χ0n) is 12.6. The van der Waals surface area contributed by atoms with Crippen molar-refractivity contribution in [3.05, 3.63) is 70.3 Å². The lowest BCUT2D eigenvalue weighted by molar-refractivity contribution is 0.582. The third kappa shape index (κ3) is 3.86. The van der Waals surface area contributed by atoms with Gasteiger partial charge in [0, 0.05) is 5.88 Å². The van der Waals surface area contributed by atoms with Crippen molar-refractivity contribution >= 4 is 11.6 Å². The van der Waals surface area contributed by atoms with Crippen molar-refractivity contribution in [2.45, 2.75) is 33.6 Å². The summed E-state index contributed by atoms with van der Waals surface area (Å²) in [5, 5.41) is 0. The SMILES string of the molecule is Cc1ccc(CC(CCl)Cc2ccccc2C)cc1C. The number of hydrogen-bond acceptors (Lipinski definition) is 0. The minimum Gasteiger partial charge on any atom is -0.126 e. The number of benzene rings is 2. The molecule has 2 rings (SSSR count). The fraction of sp³-hybridized carbons (Fsp3) is 0.368. The van der Waals surface area contributed by atoms with Crippen molar-refractivity contribution in [2.24, 2.45) is 5.92 Å². The molecular weight excluding hydrogens is 264 g/mol. The summed E-state index contributed by atoms with van der Waals surface area (Å²) in [4.78, 5) is 0. The van der Waals surface area contributed by atoms with Gasteiger partial charge in [0.1, 0.15) is 0 Å². The molecule has 2 aromatic carbocycles. The monoisotopic (exact) mass is 286 g/mol. The molecule has 0 nitrogen and oxygen atoms in total. The summed E-state index contributed by atoms with van der Waals surface area (Å²) >= 11 is 6.19. The molecule has 1 unspecified atom stereocenters. The van der Waals surface area contributed by atoms with Gasteiger partial charge in [-0.15, -0.1) is 11.6 Å². The summed E-state index contributed by atoms with van der Waals surface area (Å²) in [7, 11) is 0. The highest BCUT2D eigenvalue weighted by molar-refractivity contribution is 6.18.